The van der Waals surface area contributed by atoms with Gasteiger partial charge < -0.3 is 9.47 Å². The summed E-state index contributed by atoms with van der Waals surface area (Å²) >= 11 is 0. The summed E-state index contributed by atoms with van der Waals surface area (Å²) in [7, 11) is 1.38. The standard InChI is InChI=1S/C15H14O3/c1-15(13(18-15)14(16)17-2)12-9-5-7-10-6-3-4-8-11(10)12/h3-9,13H,1-2H3. The lowest BCUT2D eigenvalue weighted by Gasteiger charge is -2.10. The Balaban J connectivity index is 2.09. The zero-order valence-corrected chi connectivity index (χ0v) is 10.3. The highest BCUT2D eigenvalue weighted by Crippen LogP contribution is 2.48. The van der Waals surface area contributed by atoms with Gasteiger partial charge in [-0.25, -0.2) is 4.79 Å². The SMILES string of the molecule is COC(=O)C1OC1(C)c1cccc2ccccc12. The van der Waals surface area contributed by atoms with Crippen LogP contribution in [0.25, 0.3) is 10.8 Å². The highest BCUT2D eigenvalue weighted by Gasteiger charge is 2.59. The summed E-state index contributed by atoms with van der Waals surface area (Å²) in [5.41, 5.74) is 0.476. The number of rotatable bonds is 2. The van der Waals surface area contributed by atoms with Crippen LogP contribution < -0.4 is 0 Å². The van der Waals surface area contributed by atoms with Crippen molar-refractivity contribution in [3.8, 4) is 0 Å². The van der Waals surface area contributed by atoms with Crippen LogP contribution in [0.15, 0.2) is 42.5 Å². The number of fused-ring (bicyclic) bond motifs is 1. The zero-order valence-electron chi connectivity index (χ0n) is 10.3. The zero-order chi connectivity index (χ0) is 12.8. The molecular weight excluding hydrogens is 228 g/mol. The van der Waals surface area contributed by atoms with Crippen LogP contribution in [-0.2, 0) is 19.9 Å². The van der Waals surface area contributed by atoms with E-state index < -0.39 is 11.7 Å². The van der Waals surface area contributed by atoms with E-state index in [1.807, 2.05) is 37.3 Å². The molecule has 0 N–H and O–H groups in total. The quantitative estimate of drug-likeness (QED) is 0.600. The Morgan fingerprint density at radius 2 is 1.94 bits per heavy atom. The molecule has 18 heavy (non-hydrogen) atoms. The average molecular weight is 242 g/mol. The average Bonchev–Trinajstić information content (AvgIpc) is 3.11. The molecule has 1 aliphatic rings. The van der Waals surface area contributed by atoms with Crippen LogP contribution in [0.4, 0.5) is 0 Å². The van der Waals surface area contributed by atoms with E-state index in [1.54, 1.807) is 0 Å². The molecule has 0 radical (unpaired) electrons. The van der Waals surface area contributed by atoms with E-state index >= 15 is 0 Å². The molecule has 2 aromatic rings. The predicted molar refractivity (Wildman–Crippen MR) is 68.2 cm³/mol. The fourth-order valence-electron chi connectivity index (χ4n) is 2.45. The number of hydrogen-bond donors (Lipinski definition) is 0. The Labute approximate surface area is 105 Å². The number of carbonyl (C=O) groups excluding carboxylic acids is 1. The molecule has 2 aromatic carbocycles. The Morgan fingerprint density at radius 1 is 1.22 bits per heavy atom. The molecule has 0 aromatic heterocycles. The van der Waals surface area contributed by atoms with Gasteiger partial charge in [-0.3, -0.25) is 0 Å². The number of carbonyl (C=O) groups is 1. The van der Waals surface area contributed by atoms with Gasteiger partial charge in [-0.1, -0.05) is 42.5 Å². The van der Waals surface area contributed by atoms with E-state index in [-0.39, 0.29) is 5.97 Å². The molecule has 0 aliphatic carbocycles. The molecule has 1 aliphatic heterocycles. The molecule has 1 heterocycles. The van der Waals surface area contributed by atoms with Crippen molar-refractivity contribution in [3.63, 3.8) is 0 Å². The second-order valence-corrected chi connectivity index (χ2v) is 4.65. The number of hydrogen-bond acceptors (Lipinski definition) is 3. The van der Waals surface area contributed by atoms with Gasteiger partial charge in [0.15, 0.2) is 6.10 Å². The van der Waals surface area contributed by atoms with Crippen molar-refractivity contribution in [2.24, 2.45) is 0 Å². The third-order valence-corrected chi connectivity index (χ3v) is 3.55. The normalized spacial score (nSPS) is 26.0. The largest absolute Gasteiger partial charge is 0.467 e. The van der Waals surface area contributed by atoms with Gasteiger partial charge >= 0.3 is 5.97 Å². The van der Waals surface area contributed by atoms with E-state index in [0.717, 1.165) is 16.3 Å². The van der Waals surface area contributed by atoms with Gasteiger partial charge in [-0.2, -0.15) is 0 Å². The van der Waals surface area contributed by atoms with Crippen molar-refractivity contribution in [1.82, 2.24) is 0 Å². The van der Waals surface area contributed by atoms with Gasteiger partial charge in [-0.05, 0) is 23.3 Å². The Kier molecular flexibility index (Phi) is 2.38. The van der Waals surface area contributed by atoms with E-state index in [9.17, 15) is 4.79 Å². The summed E-state index contributed by atoms with van der Waals surface area (Å²) in [6, 6.07) is 14.1. The summed E-state index contributed by atoms with van der Waals surface area (Å²) in [6.45, 7) is 1.93. The molecule has 3 rings (SSSR count). The summed E-state index contributed by atoms with van der Waals surface area (Å²) in [5.74, 6) is -0.314. The topological polar surface area (TPSA) is 38.8 Å². The highest BCUT2D eigenvalue weighted by atomic mass is 16.6. The smallest absolute Gasteiger partial charge is 0.338 e. The number of methoxy groups -OCH3 is 1. The number of ether oxygens (including phenoxy) is 2. The first-order valence-corrected chi connectivity index (χ1v) is 5.91. The third-order valence-electron chi connectivity index (χ3n) is 3.55. The van der Waals surface area contributed by atoms with Crippen LogP contribution in [-0.4, -0.2) is 19.2 Å². The summed E-state index contributed by atoms with van der Waals surface area (Å²) in [4.78, 5) is 11.6. The Morgan fingerprint density at radius 3 is 2.72 bits per heavy atom. The predicted octanol–water partition coefficient (Wildman–Crippen LogP) is 2.63. The molecule has 2 atom stereocenters. The fourth-order valence-corrected chi connectivity index (χ4v) is 2.45. The van der Waals surface area contributed by atoms with E-state index in [0.29, 0.717) is 0 Å². The van der Waals surface area contributed by atoms with Crippen molar-refractivity contribution in [3.05, 3.63) is 48.0 Å². The van der Waals surface area contributed by atoms with Gasteiger partial charge in [0.1, 0.15) is 5.60 Å². The minimum atomic E-state index is -0.562. The lowest BCUT2D eigenvalue weighted by atomic mass is 9.92. The first kappa shape index (κ1) is 11.2. The van der Waals surface area contributed by atoms with E-state index in [2.05, 4.69) is 12.1 Å². The molecule has 1 fully saturated rings. The summed E-state index contributed by atoms with van der Waals surface area (Å²) in [5, 5.41) is 2.27. The molecular formula is C15H14O3. The number of esters is 1. The van der Waals surface area contributed by atoms with Gasteiger partial charge in [0.2, 0.25) is 0 Å². The molecule has 0 bridgehead atoms. The second kappa shape index (κ2) is 3.82. The lowest BCUT2D eigenvalue weighted by molar-refractivity contribution is -0.142. The Hall–Kier alpha value is -1.87. The first-order valence-electron chi connectivity index (χ1n) is 5.91. The number of benzene rings is 2. The molecule has 1 saturated heterocycles. The van der Waals surface area contributed by atoms with Crippen molar-refractivity contribution >= 4 is 16.7 Å². The highest BCUT2D eigenvalue weighted by molar-refractivity contribution is 5.89. The minimum absolute atomic E-state index is 0.314. The summed E-state index contributed by atoms with van der Waals surface area (Å²) in [6.07, 6.45) is -0.492. The minimum Gasteiger partial charge on any atom is -0.467 e. The lowest BCUT2D eigenvalue weighted by Crippen LogP contribution is -2.17. The molecule has 0 spiro atoms. The second-order valence-electron chi connectivity index (χ2n) is 4.65. The van der Waals surface area contributed by atoms with E-state index in [4.69, 9.17) is 9.47 Å². The molecule has 3 heteroatoms. The fraction of sp³-hybridized carbons (Fsp3) is 0.267. The molecule has 0 saturated carbocycles. The van der Waals surface area contributed by atoms with Crippen LogP contribution >= 0.6 is 0 Å². The third kappa shape index (κ3) is 1.51. The van der Waals surface area contributed by atoms with E-state index in [1.165, 1.54) is 7.11 Å². The Bertz CT molecular complexity index is 615. The molecule has 92 valence electrons. The van der Waals surface area contributed by atoms with Crippen molar-refractivity contribution in [2.75, 3.05) is 7.11 Å². The first-order chi connectivity index (χ1) is 8.66. The van der Waals surface area contributed by atoms with Crippen molar-refractivity contribution in [1.29, 1.82) is 0 Å². The maximum atomic E-state index is 11.6. The molecule has 2 unspecified atom stereocenters. The summed E-state index contributed by atoms with van der Waals surface area (Å²) < 4.78 is 10.3. The van der Waals surface area contributed by atoms with Gasteiger partial charge in [0.05, 0.1) is 7.11 Å². The van der Waals surface area contributed by atoms with Crippen LogP contribution in [0.3, 0.4) is 0 Å². The van der Waals surface area contributed by atoms with Gasteiger partial charge in [-0.15, -0.1) is 0 Å². The van der Waals surface area contributed by atoms with Gasteiger partial charge in [0, 0.05) is 0 Å². The van der Waals surface area contributed by atoms with Crippen LogP contribution in [0.2, 0.25) is 0 Å². The molecule has 3 nitrogen and oxygen atoms in total. The van der Waals surface area contributed by atoms with Gasteiger partial charge in [0.25, 0.3) is 0 Å². The van der Waals surface area contributed by atoms with Crippen LogP contribution in [0.1, 0.15) is 12.5 Å². The number of epoxide rings is 1. The van der Waals surface area contributed by atoms with Crippen LogP contribution in [0.5, 0.6) is 0 Å². The molecule has 0 amide bonds. The maximum Gasteiger partial charge on any atom is 0.338 e. The maximum absolute atomic E-state index is 11.6. The van der Waals surface area contributed by atoms with Crippen molar-refractivity contribution < 1.29 is 14.3 Å². The van der Waals surface area contributed by atoms with Crippen LogP contribution in [0, 0.1) is 0 Å². The monoisotopic (exact) mass is 242 g/mol. The van der Waals surface area contributed by atoms with Crippen molar-refractivity contribution in [2.45, 2.75) is 18.6 Å².